The molecule has 1 aliphatic heterocycles. The molecule has 1 fully saturated rings. The van der Waals surface area contributed by atoms with Crippen LogP contribution in [-0.2, 0) is 18.8 Å². The van der Waals surface area contributed by atoms with Crippen molar-refractivity contribution in [1.82, 2.24) is 4.57 Å². The second kappa shape index (κ2) is 7.84. The molecule has 0 saturated carbocycles. The lowest BCUT2D eigenvalue weighted by molar-refractivity contribution is 0.00578. The number of ether oxygens (including phenoxy) is 2. The van der Waals surface area contributed by atoms with Crippen molar-refractivity contribution in [3.05, 3.63) is 42.0 Å². The van der Waals surface area contributed by atoms with Crippen LogP contribution >= 0.6 is 0 Å². The van der Waals surface area contributed by atoms with E-state index in [1.165, 1.54) is 11.7 Å². The summed E-state index contributed by atoms with van der Waals surface area (Å²) >= 11 is 0. The summed E-state index contributed by atoms with van der Waals surface area (Å²) in [5.41, 5.74) is 0.525. The first-order valence-corrected chi connectivity index (χ1v) is 10.3. The molecule has 166 valence electrons. The predicted molar refractivity (Wildman–Crippen MR) is 119 cm³/mol. The Hall–Kier alpha value is -2.58. The summed E-state index contributed by atoms with van der Waals surface area (Å²) in [4.78, 5) is 25.0. The third-order valence-corrected chi connectivity index (χ3v) is 5.58. The first kappa shape index (κ1) is 23.1. The highest BCUT2D eigenvalue weighted by Gasteiger charge is 2.53. The third kappa shape index (κ3) is 4.55. The molecule has 2 aromatic rings. The quantitative estimate of drug-likeness (QED) is 0.544. The minimum Gasteiger partial charge on any atom is -0.465 e. The molecule has 1 aliphatic rings. The normalized spacial score (nSPS) is 17.5. The van der Waals surface area contributed by atoms with E-state index in [-0.39, 0.29) is 0 Å². The van der Waals surface area contributed by atoms with Gasteiger partial charge in [0.1, 0.15) is 5.60 Å². The van der Waals surface area contributed by atoms with Crippen LogP contribution in [0, 0.1) is 0 Å². The maximum Gasteiger partial charge on any atom is 0.513 e. The van der Waals surface area contributed by atoms with Gasteiger partial charge in [0, 0.05) is 0 Å². The molecule has 1 aromatic carbocycles. The number of hydrogen-bond acceptors (Lipinski definition) is 6. The molecule has 8 heteroatoms. The van der Waals surface area contributed by atoms with Crippen LogP contribution in [0.4, 0.5) is 4.79 Å². The van der Waals surface area contributed by atoms with Crippen molar-refractivity contribution in [3.63, 3.8) is 0 Å². The zero-order valence-electron chi connectivity index (χ0n) is 19.4. The molecule has 0 N–H and O–H groups in total. The SMILES string of the molecule is COC(=O)c1ccc(-c2ccc(B3OC(C)(C)C(C)(C)O3)n2C(=O)OC(C)(C)C)cc1. The van der Waals surface area contributed by atoms with Crippen molar-refractivity contribution < 1.29 is 28.4 Å². The Bertz CT molecular complexity index is 968. The average Bonchev–Trinajstić information content (AvgIpc) is 3.18. The monoisotopic (exact) mass is 427 g/mol. The number of nitrogens with zero attached hydrogens (tertiary/aromatic N) is 1. The number of benzene rings is 1. The number of carbonyl (C=O) groups excluding carboxylic acids is 2. The molecule has 1 aromatic heterocycles. The predicted octanol–water partition coefficient (Wildman–Crippen LogP) is 4.02. The van der Waals surface area contributed by atoms with Gasteiger partial charge in [-0.3, -0.25) is 4.57 Å². The molecule has 2 heterocycles. The third-order valence-electron chi connectivity index (χ3n) is 5.58. The summed E-state index contributed by atoms with van der Waals surface area (Å²) in [6.45, 7) is 13.3. The van der Waals surface area contributed by atoms with Gasteiger partial charge in [-0.05, 0) is 78.3 Å². The largest absolute Gasteiger partial charge is 0.513 e. The van der Waals surface area contributed by atoms with Crippen molar-refractivity contribution >= 4 is 24.8 Å². The molecule has 0 bridgehead atoms. The molecule has 1 saturated heterocycles. The van der Waals surface area contributed by atoms with Crippen molar-refractivity contribution in [3.8, 4) is 11.3 Å². The van der Waals surface area contributed by atoms with Crippen LogP contribution in [0.15, 0.2) is 36.4 Å². The zero-order valence-corrected chi connectivity index (χ0v) is 19.4. The van der Waals surface area contributed by atoms with Gasteiger partial charge in [-0.1, -0.05) is 12.1 Å². The molecule has 0 radical (unpaired) electrons. The summed E-state index contributed by atoms with van der Waals surface area (Å²) < 4.78 is 24.2. The molecule has 0 amide bonds. The Balaban J connectivity index is 2.07. The first-order chi connectivity index (χ1) is 14.3. The summed E-state index contributed by atoms with van der Waals surface area (Å²) in [6.07, 6.45) is -0.533. The van der Waals surface area contributed by atoms with E-state index in [1.807, 2.05) is 54.5 Å². The number of carbonyl (C=O) groups is 2. The fourth-order valence-electron chi connectivity index (χ4n) is 3.23. The number of aromatic nitrogens is 1. The van der Waals surface area contributed by atoms with E-state index in [0.29, 0.717) is 16.9 Å². The first-order valence-electron chi connectivity index (χ1n) is 10.3. The molecule has 31 heavy (non-hydrogen) atoms. The molecule has 0 unspecified atom stereocenters. The second-order valence-corrected chi connectivity index (χ2v) is 9.62. The molecule has 0 aliphatic carbocycles. The lowest BCUT2D eigenvalue weighted by Gasteiger charge is -2.32. The Morgan fingerprint density at radius 2 is 1.48 bits per heavy atom. The summed E-state index contributed by atoms with van der Waals surface area (Å²) in [6, 6.07) is 10.4. The van der Waals surface area contributed by atoms with E-state index in [2.05, 4.69) is 0 Å². The number of hydrogen-bond donors (Lipinski definition) is 0. The molecular weight excluding hydrogens is 397 g/mol. The number of methoxy groups -OCH3 is 1. The highest BCUT2D eigenvalue weighted by Crippen LogP contribution is 2.37. The van der Waals surface area contributed by atoms with Gasteiger partial charge >= 0.3 is 19.2 Å². The van der Waals surface area contributed by atoms with Gasteiger partial charge < -0.3 is 18.8 Å². The average molecular weight is 427 g/mol. The van der Waals surface area contributed by atoms with Gasteiger partial charge in [-0.15, -0.1) is 0 Å². The number of rotatable bonds is 3. The van der Waals surface area contributed by atoms with Crippen LogP contribution in [0.25, 0.3) is 11.3 Å². The Labute approximate surface area is 183 Å². The highest BCUT2D eigenvalue weighted by atomic mass is 16.7. The van der Waals surface area contributed by atoms with E-state index in [0.717, 1.165) is 5.56 Å². The van der Waals surface area contributed by atoms with Crippen molar-refractivity contribution in [1.29, 1.82) is 0 Å². The fraction of sp³-hybridized carbons (Fsp3) is 0.478. The van der Waals surface area contributed by atoms with Crippen LogP contribution < -0.4 is 5.59 Å². The van der Waals surface area contributed by atoms with E-state index in [9.17, 15) is 9.59 Å². The Morgan fingerprint density at radius 3 is 1.97 bits per heavy atom. The van der Waals surface area contributed by atoms with E-state index in [1.54, 1.807) is 30.3 Å². The molecule has 7 nitrogen and oxygen atoms in total. The molecule has 3 rings (SSSR count). The Kier molecular flexibility index (Phi) is 5.84. The number of esters is 1. The smallest absolute Gasteiger partial charge is 0.465 e. The lowest BCUT2D eigenvalue weighted by Crippen LogP contribution is -2.43. The topological polar surface area (TPSA) is 76.0 Å². The van der Waals surface area contributed by atoms with Gasteiger partial charge in [0.05, 0.1) is 35.2 Å². The van der Waals surface area contributed by atoms with Gasteiger partial charge in [0.25, 0.3) is 0 Å². The van der Waals surface area contributed by atoms with Crippen molar-refractivity contribution in [2.45, 2.75) is 65.3 Å². The minimum absolute atomic E-state index is 0.424. The zero-order chi connectivity index (χ0) is 23.2. The van der Waals surface area contributed by atoms with E-state index in [4.69, 9.17) is 18.8 Å². The standard InChI is InChI=1S/C23H30BNO6/c1-21(2,3)29-20(27)25-17(15-9-11-16(12-10-15)19(26)28-8)13-14-18(25)24-30-22(4,5)23(6,7)31-24/h9-14H,1-8H3. The molecule has 0 atom stereocenters. The van der Waals surface area contributed by atoms with Crippen molar-refractivity contribution in [2.24, 2.45) is 0 Å². The van der Waals surface area contributed by atoms with Gasteiger partial charge in [-0.25, -0.2) is 9.59 Å². The van der Waals surface area contributed by atoms with Crippen LogP contribution in [0.2, 0.25) is 0 Å². The van der Waals surface area contributed by atoms with E-state index < -0.39 is 36.0 Å². The minimum atomic E-state index is -0.736. The van der Waals surface area contributed by atoms with Gasteiger partial charge in [-0.2, -0.15) is 0 Å². The fourth-order valence-corrected chi connectivity index (χ4v) is 3.23. The Morgan fingerprint density at radius 1 is 0.935 bits per heavy atom. The second-order valence-electron chi connectivity index (χ2n) is 9.62. The van der Waals surface area contributed by atoms with Gasteiger partial charge in [0.2, 0.25) is 0 Å². The molecular formula is C23H30BNO6. The highest BCUT2D eigenvalue weighted by molar-refractivity contribution is 6.62. The maximum absolute atomic E-state index is 13.2. The summed E-state index contributed by atoms with van der Waals surface area (Å²) in [5, 5.41) is 0. The van der Waals surface area contributed by atoms with Crippen LogP contribution in [-0.4, -0.2) is 47.7 Å². The van der Waals surface area contributed by atoms with E-state index >= 15 is 0 Å². The van der Waals surface area contributed by atoms with Crippen LogP contribution in [0.1, 0.15) is 58.8 Å². The summed E-state index contributed by atoms with van der Waals surface area (Å²) in [7, 11) is 0.599. The van der Waals surface area contributed by atoms with Crippen LogP contribution in [0.5, 0.6) is 0 Å². The van der Waals surface area contributed by atoms with Crippen LogP contribution in [0.3, 0.4) is 0 Å². The van der Waals surface area contributed by atoms with Crippen molar-refractivity contribution in [2.75, 3.05) is 7.11 Å². The summed E-state index contributed by atoms with van der Waals surface area (Å²) in [5.74, 6) is -0.424. The lowest BCUT2D eigenvalue weighted by atomic mass is 9.85. The molecule has 0 spiro atoms. The maximum atomic E-state index is 13.2. The van der Waals surface area contributed by atoms with Gasteiger partial charge in [0.15, 0.2) is 0 Å².